The van der Waals surface area contributed by atoms with Gasteiger partial charge in [-0.05, 0) is 13.3 Å². The Morgan fingerprint density at radius 2 is 2.25 bits per heavy atom. The molecule has 0 spiro atoms. The van der Waals surface area contributed by atoms with Gasteiger partial charge in [0.1, 0.15) is 6.61 Å². The van der Waals surface area contributed by atoms with E-state index in [2.05, 4.69) is 27.2 Å². The van der Waals surface area contributed by atoms with Gasteiger partial charge in [0, 0.05) is 11.9 Å². The molecule has 108 valence electrons. The maximum atomic E-state index is 5.72. The average molecular weight is 293 g/mol. The highest BCUT2D eigenvalue weighted by molar-refractivity contribution is 7.09. The molecule has 2 aromatic heterocycles. The summed E-state index contributed by atoms with van der Waals surface area (Å²) in [5.41, 5.74) is 6.52. The van der Waals surface area contributed by atoms with Crippen LogP contribution in [0, 0.1) is 6.92 Å². The van der Waals surface area contributed by atoms with Crippen molar-refractivity contribution in [3.8, 4) is 5.75 Å². The second-order valence-corrected chi connectivity index (χ2v) is 5.43. The van der Waals surface area contributed by atoms with Crippen LogP contribution in [0.2, 0.25) is 0 Å². The van der Waals surface area contributed by atoms with Gasteiger partial charge in [-0.25, -0.2) is 9.97 Å². The van der Waals surface area contributed by atoms with Crippen LogP contribution in [-0.4, -0.2) is 21.5 Å². The maximum Gasteiger partial charge on any atom is 0.222 e. The third kappa shape index (κ3) is 4.06. The highest BCUT2D eigenvalue weighted by Gasteiger charge is 2.08. The first-order chi connectivity index (χ1) is 9.69. The molecule has 6 nitrogen and oxygen atoms in total. The molecule has 2 rings (SSSR count). The van der Waals surface area contributed by atoms with Crippen molar-refractivity contribution >= 4 is 23.1 Å². The summed E-state index contributed by atoms with van der Waals surface area (Å²) < 4.78 is 5.72. The number of ether oxygens (including phenoxy) is 1. The molecule has 0 fully saturated rings. The normalized spacial score (nSPS) is 10.5. The van der Waals surface area contributed by atoms with E-state index in [-0.39, 0.29) is 5.95 Å². The molecule has 0 unspecified atom stereocenters. The minimum Gasteiger partial charge on any atom is -0.482 e. The Hall–Kier alpha value is -1.89. The van der Waals surface area contributed by atoms with Gasteiger partial charge in [0.2, 0.25) is 5.95 Å². The van der Waals surface area contributed by atoms with E-state index >= 15 is 0 Å². The predicted octanol–water partition coefficient (Wildman–Crippen LogP) is 2.61. The fraction of sp³-hybridized carbons (Fsp3) is 0.462. The molecule has 0 radical (unpaired) electrons. The molecule has 0 saturated heterocycles. The summed E-state index contributed by atoms with van der Waals surface area (Å²) in [5.74, 6) is 1.47. The molecule has 3 N–H and O–H groups in total. The third-order valence-corrected chi connectivity index (χ3v) is 3.46. The van der Waals surface area contributed by atoms with Gasteiger partial charge in [-0.2, -0.15) is 4.98 Å². The van der Waals surface area contributed by atoms with E-state index in [0.29, 0.717) is 18.2 Å². The zero-order valence-corrected chi connectivity index (χ0v) is 12.5. The quantitative estimate of drug-likeness (QED) is 0.763. The maximum absolute atomic E-state index is 5.72. The SMILES string of the molecule is CCCCNc1nc(N)ncc1OCc1csc(C)n1. The number of thiazole rings is 1. The Morgan fingerprint density at radius 3 is 2.95 bits per heavy atom. The lowest BCUT2D eigenvalue weighted by molar-refractivity contribution is 0.301. The van der Waals surface area contributed by atoms with Crippen molar-refractivity contribution in [2.24, 2.45) is 0 Å². The largest absolute Gasteiger partial charge is 0.482 e. The van der Waals surface area contributed by atoms with Crippen molar-refractivity contribution in [1.29, 1.82) is 0 Å². The van der Waals surface area contributed by atoms with Gasteiger partial charge in [-0.1, -0.05) is 13.3 Å². The van der Waals surface area contributed by atoms with Crippen molar-refractivity contribution < 1.29 is 4.74 Å². The van der Waals surface area contributed by atoms with Crippen LogP contribution in [0.4, 0.5) is 11.8 Å². The first-order valence-electron chi connectivity index (χ1n) is 6.59. The monoisotopic (exact) mass is 293 g/mol. The Morgan fingerprint density at radius 1 is 1.40 bits per heavy atom. The molecular formula is C13H19N5OS. The highest BCUT2D eigenvalue weighted by Crippen LogP contribution is 2.23. The average Bonchev–Trinajstić information content (AvgIpc) is 2.84. The molecule has 0 bridgehead atoms. The Labute approximate surface area is 122 Å². The number of unbranched alkanes of at least 4 members (excludes halogenated alkanes) is 1. The summed E-state index contributed by atoms with van der Waals surface area (Å²) in [6.45, 7) is 5.34. The van der Waals surface area contributed by atoms with Crippen LogP contribution in [-0.2, 0) is 6.61 Å². The number of aromatic nitrogens is 3. The van der Waals surface area contributed by atoms with Gasteiger partial charge in [0.05, 0.1) is 16.9 Å². The van der Waals surface area contributed by atoms with Gasteiger partial charge >= 0.3 is 0 Å². The summed E-state index contributed by atoms with van der Waals surface area (Å²) in [4.78, 5) is 12.5. The molecule has 0 aliphatic rings. The van der Waals surface area contributed by atoms with Crippen LogP contribution in [0.5, 0.6) is 5.75 Å². The van der Waals surface area contributed by atoms with E-state index in [1.807, 2.05) is 12.3 Å². The zero-order chi connectivity index (χ0) is 14.4. The smallest absolute Gasteiger partial charge is 0.222 e. The van der Waals surface area contributed by atoms with Crippen molar-refractivity contribution in [3.63, 3.8) is 0 Å². The molecular weight excluding hydrogens is 274 g/mol. The lowest BCUT2D eigenvalue weighted by Crippen LogP contribution is -2.08. The number of nitrogen functional groups attached to an aromatic ring is 1. The van der Waals surface area contributed by atoms with E-state index in [4.69, 9.17) is 10.5 Å². The topological polar surface area (TPSA) is 86.0 Å². The number of hydrogen-bond donors (Lipinski definition) is 2. The van der Waals surface area contributed by atoms with Gasteiger partial charge in [0.15, 0.2) is 11.6 Å². The number of aryl methyl sites for hydroxylation is 1. The molecule has 0 aliphatic heterocycles. The molecule has 20 heavy (non-hydrogen) atoms. The number of nitrogens with two attached hydrogens (primary N) is 1. The van der Waals surface area contributed by atoms with Gasteiger partial charge < -0.3 is 15.8 Å². The number of rotatable bonds is 7. The van der Waals surface area contributed by atoms with E-state index < -0.39 is 0 Å². The van der Waals surface area contributed by atoms with Crippen molar-refractivity contribution in [1.82, 2.24) is 15.0 Å². The lowest BCUT2D eigenvalue weighted by atomic mass is 10.3. The molecule has 0 atom stereocenters. The van der Waals surface area contributed by atoms with Gasteiger partial charge in [0.25, 0.3) is 0 Å². The molecule has 7 heteroatoms. The van der Waals surface area contributed by atoms with E-state index in [0.717, 1.165) is 30.1 Å². The van der Waals surface area contributed by atoms with Crippen LogP contribution in [0.1, 0.15) is 30.5 Å². The van der Waals surface area contributed by atoms with Gasteiger partial charge in [-0.15, -0.1) is 11.3 Å². The van der Waals surface area contributed by atoms with Crippen LogP contribution in [0.15, 0.2) is 11.6 Å². The van der Waals surface area contributed by atoms with Crippen molar-refractivity contribution in [2.45, 2.75) is 33.3 Å². The molecule has 2 heterocycles. The Bertz CT molecular complexity index is 557. The zero-order valence-electron chi connectivity index (χ0n) is 11.7. The molecule has 0 saturated carbocycles. The summed E-state index contributed by atoms with van der Waals surface area (Å²) in [6.07, 6.45) is 3.77. The van der Waals surface area contributed by atoms with Crippen LogP contribution >= 0.6 is 11.3 Å². The third-order valence-electron chi connectivity index (χ3n) is 2.64. The fourth-order valence-electron chi connectivity index (χ4n) is 1.63. The van der Waals surface area contributed by atoms with E-state index in [1.165, 1.54) is 0 Å². The number of nitrogens with one attached hydrogen (secondary N) is 1. The minimum atomic E-state index is 0.237. The lowest BCUT2D eigenvalue weighted by Gasteiger charge is -2.11. The van der Waals surface area contributed by atoms with Crippen molar-refractivity contribution in [2.75, 3.05) is 17.6 Å². The molecule has 0 aromatic carbocycles. The van der Waals surface area contributed by atoms with Gasteiger partial charge in [-0.3, -0.25) is 0 Å². The second-order valence-electron chi connectivity index (χ2n) is 4.37. The standard InChI is InChI=1S/C13H19N5OS/c1-3-4-5-15-12-11(6-16-13(14)18-12)19-7-10-8-20-9(2)17-10/h6,8H,3-5,7H2,1-2H3,(H3,14,15,16,18). The van der Waals surface area contributed by atoms with E-state index in [9.17, 15) is 0 Å². The second kappa shape index (κ2) is 7.04. The number of hydrogen-bond acceptors (Lipinski definition) is 7. The summed E-state index contributed by atoms with van der Waals surface area (Å²) in [7, 11) is 0. The number of anilines is 2. The van der Waals surface area contributed by atoms with Crippen LogP contribution in [0.25, 0.3) is 0 Å². The molecule has 0 aliphatic carbocycles. The first-order valence-corrected chi connectivity index (χ1v) is 7.47. The summed E-state index contributed by atoms with van der Waals surface area (Å²) in [6, 6.07) is 0. The van der Waals surface area contributed by atoms with Crippen LogP contribution < -0.4 is 15.8 Å². The summed E-state index contributed by atoms with van der Waals surface area (Å²) in [5, 5.41) is 6.23. The highest BCUT2D eigenvalue weighted by atomic mass is 32.1. The Kier molecular flexibility index (Phi) is 5.11. The fourth-order valence-corrected chi connectivity index (χ4v) is 2.22. The van der Waals surface area contributed by atoms with Crippen molar-refractivity contribution in [3.05, 3.63) is 22.3 Å². The van der Waals surface area contributed by atoms with Crippen LogP contribution in [0.3, 0.4) is 0 Å². The summed E-state index contributed by atoms with van der Waals surface area (Å²) >= 11 is 1.61. The predicted molar refractivity (Wildman–Crippen MR) is 81.0 cm³/mol. The molecule has 2 aromatic rings. The Balaban J connectivity index is 2.01. The number of nitrogens with zero attached hydrogens (tertiary/aromatic N) is 3. The first kappa shape index (κ1) is 14.5. The minimum absolute atomic E-state index is 0.237. The van der Waals surface area contributed by atoms with E-state index in [1.54, 1.807) is 17.5 Å². The molecule has 0 amide bonds.